The maximum Gasteiger partial charge on any atom is 0.317 e. The van der Waals surface area contributed by atoms with Crippen LogP contribution in [0.4, 0.5) is 0 Å². The first-order valence-corrected chi connectivity index (χ1v) is 6.55. The molecule has 6 nitrogen and oxygen atoms in total. The van der Waals surface area contributed by atoms with Crippen molar-refractivity contribution in [2.45, 2.75) is 46.0 Å². The minimum atomic E-state index is -0.609. The number of carbonyl (C=O) groups is 3. The molecule has 0 aromatic rings. The quantitative estimate of drug-likeness (QED) is 0.607. The van der Waals surface area contributed by atoms with Crippen LogP contribution in [0, 0.1) is 5.92 Å². The number of hydrogen-bond acceptors (Lipinski definition) is 5. The van der Waals surface area contributed by atoms with E-state index in [1.54, 1.807) is 13.8 Å². The van der Waals surface area contributed by atoms with E-state index in [0.717, 1.165) is 25.7 Å². The van der Waals surface area contributed by atoms with E-state index in [2.05, 4.69) is 9.47 Å². The van der Waals surface area contributed by atoms with E-state index in [1.165, 1.54) is 0 Å². The Kier molecular flexibility index (Phi) is 9.48. The first-order valence-electron chi connectivity index (χ1n) is 6.55. The summed E-state index contributed by atoms with van der Waals surface area (Å²) in [5, 5.41) is 8.41. The monoisotopic (exact) mass is 274 g/mol. The molecule has 0 atom stereocenters. The highest BCUT2D eigenvalue weighted by Crippen LogP contribution is 2.24. The lowest BCUT2D eigenvalue weighted by molar-refractivity contribution is -0.154. The number of aliphatic carboxylic acids is 1. The molecule has 0 aliphatic heterocycles. The highest BCUT2D eigenvalue weighted by Gasteiger charge is 2.21. The summed E-state index contributed by atoms with van der Waals surface area (Å²) in [7, 11) is 0. The summed E-state index contributed by atoms with van der Waals surface area (Å²) in [5.41, 5.74) is 0. The van der Waals surface area contributed by atoms with Crippen LogP contribution in [0.15, 0.2) is 0 Å². The molecule has 0 aromatic carbocycles. The summed E-state index contributed by atoms with van der Waals surface area (Å²) in [6.07, 6.45) is 3.72. The lowest BCUT2D eigenvalue weighted by atomic mass is 10.1. The molecule has 1 fully saturated rings. The van der Waals surface area contributed by atoms with Gasteiger partial charge in [-0.05, 0) is 26.7 Å². The summed E-state index contributed by atoms with van der Waals surface area (Å²) in [6.45, 7) is 3.95. The zero-order valence-electron chi connectivity index (χ0n) is 11.5. The third kappa shape index (κ3) is 9.04. The van der Waals surface area contributed by atoms with Crippen molar-refractivity contribution in [3.63, 3.8) is 0 Å². The van der Waals surface area contributed by atoms with Crippen LogP contribution in [0.25, 0.3) is 0 Å². The maximum absolute atomic E-state index is 10.6. The average Bonchev–Trinajstić information content (AvgIpc) is 2.83. The van der Waals surface area contributed by atoms with Crippen LogP contribution in [0.3, 0.4) is 0 Å². The molecule has 0 unspecified atom stereocenters. The number of esters is 2. The third-order valence-corrected chi connectivity index (χ3v) is 2.60. The Balaban J connectivity index is 0.000000356. The fourth-order valence-electron chi connectivity index (χ4n) is 1.71. The smallest absolute Gasteiger partial charge is 0.317 e. The summed E-state index contributed by atoms with van der Waals surface area (Å²) < 4.78 is 9.04. The first kappa shape index (κ1) is 17.4. The van der Waals surface area contributed by atoms with Crippen LogP contribution in [-0.4, -0.2) is 36.2 Å². The van der Waals surface area contributed by atoms with Gasteiger partial charge in [0.15, 0.2) is 0 Å². The van der Waals surface area contributed by atoms with Crippen molar-refractivity contribution in [3.8, 4) is 0 Å². The van der Waals surface area contributed by atoms with Crippen LogP contribution in [-0.2, 0) is 23.9 Å². The van der Waals surface area contributed by atoms with Crippen molar-refractivity contribution in [3.05, 3.63) is 0 Å². The minimum absolute atomic E-state index is 0.0185. The van der Waals surface area contributed by atoms with Gasteiger partial charge in [-0.15, -0.1) is 0 Å². The highest BCUT2D eigenvalue weighted by molar-refractivity contribution is 5.91. The van der Waals surface area contributed by atoms with Crippen LogP contribution in [0.2, 0.25) is 0 Å². The molecule has 0 aromatic heterocycles. The molecule has 0 radical (unpaired) electrons. The average molecular weight is 274 g/mol. The standard InChI is InChI=1S/C7H12O4.C6H10O2/c1-3-10-6(8)5-7(9)11-4-2;7-6(8)5-3-1-2-4-5/h3-5H2,1-2H3;5H,1-4H2,(H,7,8). The summed E-state index contributed by atoms with van der Waals surface area (Å²) in [5.74, 6) is -1.70. The molecule has 1 rings (SSSR count). The largest absolute Gasteiger partial charge is 0.481 e. The molecule has 1 aliphatic carbocycles. The van der Waals surface area contributed by atoms with Crippen LogP contribution < -0.4 is 0 Å². The van der Waals surface area contributed by atoms with Gasteiger partial charge in [-0.1, -0.05) is 12.8 Å². The van der Waals surface area contributed by atoms with Crippen LogP contribution in [0.5, 0.6) is 0 Å². The third-order valence-electron chi connectivity index (χ3n) is 2.60. The molecule has 1 saturated carbocycles. The number of rotatable bonds is 5. The van der Waals surface area contributed by atoms with Gasteiger partial charge in [-0.25, -0.2) is 0 Å². The van der Waals surface area contributed by atoms with E-state index in [-0.39, 0.29) is 25.6 Å². The number of carbonyl (C=O) groups excluding carboxylic acids is 2. The summed E-state index contributed by atoms with van der Waals surface area (Å²) >= 11 is 0. The fraction of sp³-hybridized carbons (Fsp3) is 0.769. The SMILES string of the molecule is CCOC(=O)CC(=O)OCC.O=C(O)C1CCCC1. The van der Waals surface area contributed by atoms with Crippen molar-refractivity contribution >= 4 is 17.9 Å². The Morgan fingerprint density at radius 3 is 1.68 bits per heavy atom. The number of carboxylic acids is 1. The molecule has 6 heteroatoms. The Morgan fingerprint density at radius 2 is 1.42 bits per heavy atom. The van der Waals surface area contributed by atoms with Gasteiger partial charge in [0.05, 0.1) is 19.1 Å². The Hall–Kier alpha value is -1.59. The zero-order valence-corrected chi connectivity index (χ0v) is 11.5. The zero-order chi connectivity index (χ0) is 14.7. The number of ether oxygens (including phenoxy) is 2. The molecule has 0 heterocycles. The van der Waals surface area contributed by atoms with Crippen molar-refractivity contribution in [1.29, 1.82) is 0 Å². The first-order chi connectivity index (χ1) is 9.01. The molecule has 0 bridgehead atoms. The fourth-order valence-corrected chi connectivity index (χ4v) is 1.71. The van der Waals surface area contributed by atoms with E-state index in [1.807, 2.05) is 0 Å². The van der Waals surface area contributed by atoms with E-state index in [9.17, 15) is 14.4 Å². The van der Waals surface area contributed by atoms with Crippen LogP contribution >= 0.6 is 0 Å². The Morgan fingerprint density at radius 1 is 1.00 bits per heavy atom. The van der Waals surface area contributed by atoms with Gasteiger partial charge in [0.25, 0.3) is 0 Å². The molecule has 110 valence electrons. The lowest BCUT2D eigenvalue weighted by Crippen LogP contribution is -2.13. The van der Waals surface area contributed by atoms with Crippen molar-refractivity contribution in [1.82, 2.24) is 0 Å². The molecule has 0 spiro atoms. The van der Waals surface area contributed by atoms with Gasteiger partial charge >= 0.3 is 17.9 Å². The predicted molar refractivity (Wildman–Crippen MR) is 67.5 cm³/mol. The second kappa shape index (κ2) is 10.3. The van der Waals surface area contributed by atoms with Gasteiger partial charge in [0.1, 0.15) is 6.42 Å². The lowest BCUT2D eigenvalue weighted by Gasteiger charge is -2.00. The molecule has 19 heavy (non-hydrogen) atoms. The van der Waals surface area contributed by atoms with Gasteiger partial charge in [0, 0.05) is 0 Å². The van der Waals surface area contributed by atoms with E-state index in [0.29, 0.717) is 0 Å². The molecular weight excluding hydrogens is 252 g/mol. The van der Waals surface area contributed by atoms with E-state index >= 15 is 0 Å². The number of carboxylic acid groups (broad SMARTS) is 1. The van der Waals surface area contributed by atoms with Gasteiger partial charge in [0.2, 0.25) is 0 Å². The molecule has 1 N–H and O–H groups in total. The molecular formula is C13H22O6. The van der Waals surface area contributed by atoms with Crippen molar-refractivity contribution in [2.24, 2.45) is 5.92 Å². The van der Waals surface area contributed by atoms with Crippen LogP contribution in [0.1, 0.15) is 46.0 Å². The van der Waals surface area contributed by atoms with Crippen molar-refractivity contribution in [2.75, 3.05) is 13.2 Å². The van der Waals surface area contributed by atoms with Crippen molar-refractivity contribution < 1.29 is 29.0 Å². The highest BCUT2D eigenvalue weighted by atomic mass is 16.5. The second-order valence-corrected chi connectivity index (χ2v) is 4.11. The normalized spacial score (nSPS) is 14.2. The van der Waals surface area contributed by atoms with Gasteiger partial charge < -0.3 is 14.6 Å². The Labute approximate surface area is 113 Å². The number of hydrogen-bond donors (Lipinski definition) is 1. The van der Waals surface area contributed by atoms with E-state index in [4.69, 9.17) is 5.11 Å². The van der Waals surface area contributed by atoms with Gasteiger partial charge in [-0.3, -0.25) is 14.4 Å². The minimum Gasteiger partial charge on any atom is -0.481 e. The van der Waals surface area contributed by atoms with Gasteiger partial charge in [-0.2, -0.15) is 0 Å². The van der Waals surface area contributed by atoms with E-state index < -0.39 is 17.9 Å². The maximum atomic E-state index is 10.6. The molecule has 0 amide bonds. The summed E-state index contributed by atoms with van der Waals surface area (Å²) in [4.78, 5) is 31.4. The summed E-state index contributed by atoms with van der Waals surface area (Å²) in [6, 6.07) is 0. The predicted octanol–water partition coefficient (Wildman–Crippen LogP) is 1.76. The Bertz CT molecular complexity index is 278. The molecule has 0 saturated heterocycles. The topological polar surface area (TPSA) is 89.9 Å². The second-order valence-electron chi connectivity index (χ2n) is 4.11. The molecule has 1 aliphatic rings.